The molecule has 0 aliphatic carbocycles. The number of aliphatic hydroxyl groups is 1. The Bertz CT molecular complexity index is 301. The summed E-state index contributed by atoms with van der Waals surface area (Å²) in [5.74, 6) is 0.431. The maximum Gasteiger partial charge on any atom is 0.151 e. The third kappa shape index (κ3) is 1.49. The van der Waals surface area contributed by atoms with Gasteiger partial charge in [-0.1, -0.05) is 0 Å². The number of aliphatic hydroxyl groups excluding tert-OH is 1. The minimum atomic E-state index is -2.91. The lowest BCUT2D eigenvalue weighted by atomic mass is 9.81. The molecule has 0 aromatic carbocycles. The van der Waals surface area contributed by atoms with Crippen LogP contribution in [0.2, 0.25) is 0 Å². The van der Waals surface area contributed by atoms with Crippen molar-refractivity contribution in [1.82, 2.24) is 5.32 Å². The first-order valence-corrected chi connectivity index (χ1v) is 6.45. The molecule has 0 aromatic heterocycles. The zero-order valence-electron chi connectivity index (χ0n) is 7.49. The van der Waals surface area contributed by atoms with Crippen LogP contribution in [0.4, 0.5) is 0 Å². The third-order valence-corrected chi connectivity index (χ3v) is 5.17. The molecule has 2 fully saturated rings. The lowest BCUT2D eigenvalue weighted by Crippen LogP contribution is -2.49. The van der Waals surface area contributed by atoms with Crippen LogP contribution in [-0.4, -0.2) is 44.2 Å². The van der Waals surface area contributed by atoms with Crippen LogP contribution in [0.1, 0.15) is 12.8 Å². The molecule has 0 saturated carbocycles. The molecular weight excluding hydrogens is 190 g/mol. The van der Waals surface area contributed by atoms with Gasteiger partial charge in [0.15, 0.2) is 9.84 Å². The minimum absolute atomic E-state index is 0.0100. The summed E-state index contributed by atoms with van der Waals surface area (Å²) in [4.78, 5) is 0. The molecule has 0 amide bonds. The molecule has 0 bridgehead atoms. The maximum atomic E-state index is 11.4. The predicted molar refractivity (Wildman–Crippen MR) is 49.2 cm³/mol. The van der Waals surface area contributed by atoms with Crippen LogP contribution in [0.5, 0.6) is 0 Å². The Hall–Kier alpha value is -0.130. The molecule has 2 heterocycles. The molecule has 13 heavy (non-hydrogen) atoms. The van der Waals surface area contributed by atoms with Crippen LogP contribution in [-0.2, 0) is 9.84 Å². The van der Waals surface area contributed by atoms with Gasteiger partial charge >= 0.3 is 0 Å². The van der Waals surface area contributed by atoms with Crippen LogP contribution in [0, 0.1) is 5.41 Å². The molecule has 2 saturated heterocycles. The molecule has 0 radical (unpaired) electrons. The van der Waals surface area contributed by atoms with Gasteiger partial charge in [0.2, 0.25) is 0 Å². The van der Waals surface area contributed by atoms with E-state index in [4.69, 9.17) is 0 Å². The summed E-state index contributed by atoms with van der Waals surface area (Å²) in [6.45, 7) is 0.824. The van der Waals surface area contributed by atoms with Crippen molar-refractivity contribution in [3.63, 3.8) is 0 Å². The summed E-state index contributed by atoms with van der Waals surface area (Å²) >= 11 is 0. The van der Waals surface area contributed by atoms with E-state index in [1.165, 1.54) is 0 Å². The highest BCUT2D eigenvalue weighted by Crippen LogP contribution is 2.37. The molecule has 0 spiro atoms. The lowest BCUT2D eigenvalue weighted by Gasteiger charge is -2.36. The fourth-order valence-electron chi connectivity index (χ4n) is 2.51. The first-order valence-electron chi connectivity index (χ1n) is 4.63. The Morgan fingerprint density at radius 2 is 2.31 bits per heavy atom. The lowest BCUT2D eigenvalue weighted by molar-refractivity contribution is 0.124. The van der Waals surface area contributed by atoms with Crippen LogP contribution in [0.25, 0.3) is 0 Å². The third-order valence-electron chi connectivity index (χ3n) is 3.29. The van der Waals surface area contributed by atoms with Gasteiger partial charge in [0.25, 0.3) is 0 Å². The number of nitrogens with one attached hydrogen (secondary N) is 1. The number of hydrogen-bond acceptors (Lipinski definition) is 4. The first kappa shape index (κ1) is 9.43. The van der Waals surface area contributed by atoms with Crippen LogP contribution < -0.4 is 5.32 Å². The maximum absolute atomic E-state index is 11.4. The SMILES string of the molecule is O=S1(=O)CCC2NCCC2(CO)C1. The second-order valence-corrected chi connectivity index (χ2v) is 6.34. The highest BCUT2D eigenvalue weighted by Gasteiger charge is 2.48. The first-order chi connectivity index (χ1) is 6.08. The van der Waals surface area contributed by atoms with E-state index < -0.39 is 9.84 Å². The van der Waals surface area contributed by atoms with Crippen molar-refractivity contribution in [2.75, 3.05) is 24.7 Å². The molecule has 2 N–H and O–H groups in total. The molecule has 2 unspecified atom stereocenters. The van der Waals surface area contributed by atoms with E-state index >= 15 is 0 Å². The quantitative estimate of drug-likeness (QED) is 0.585. The van der Waals surface area contributed by atoms with Gasteiger partial charge in [-0.2, -0.15) is 0 Å². The van der Waals surface area contributed by atoms with Crippen LogP contribution >= 0.6 is 0 Å². The molecule has 76 valence electrons. The van der Waals surface area contributed by atoms with Crippen molar-refractivity contribution in [2.24, 2.45) is 5.41 Å². The minimum Gasteiger partial charge on any atom is -0.396 e. The summed E-state index contributed by atoms with van der Waals surface area (Å²) in [6, 6.07) is 0.209. The van der Waals surface area contributed by atoms with E-state index in [2.05, 4.69) is 5.32 Å². The van der Waals surface area contributed by atoms with E-state index in [-0.39, 0.29) is 29.6 Å². The zero-order valence-corrected chi connectivity index (χ0v) is 8.31. The Labute approximate surface area is 78.3 Å². The average Bonchev–Trinajstić information content (AvgIpc) is 2.46. The topological polar surface area (TPSA) is 66.4 Å². The van der Waals surface area contributed by atoms with Gasteiger partial charge in [-0.3, -0.25) is 0 Å². The second-order valence-electron chi connectivity index (χ2n) is 4.16. The van der Waals surface area contributed by atoms with Gasteiger partial charge in [-0.25, -0.2) is 8.42 Å². The van der Waals surface area contributed by atoms with Crippen LogP contribution in [0.3, 0.4) is 0 Å². The number of fused-ring (bicyclic) bond motifs is 1. The molecular formula is C8H15NO3S. The summed E-state index contributed by atoms with van der Waals surface area (Å²) in [6.07, 6.45) is 1.44. The highest BCUT2D eigenvalue weighted by atomic mass is 32.2. The number of hydrogen-bond donors (Lipinski definition) is 2. The van der Waals surface area contributed by atoms with Gasteiger partial charge in [-0.05, 0) is 19.4 Å². The highest BCUT2D eigenvalue weighted by molar-refractivity contribution is 7.91. The normalized spacial score (nSPS) is 43.0. The molecule has 0 aromatic rings. The largest absolute Gasteiger partial charge is 0.396 e. The summed E-state index contributed by atoms with van der Waals surface area (Å²) < 4.78 is 22.8. The molecule has 2 aliphatic heterocycles. The van der Waals surface area contributed by atoms with Gasteiger partial charge in [0, 0.05) is 11.5 Å². The van der Waals surface area contributed by atoms with Crippen molar-refractivity contribution in [3.8, 4) is 0 Å². The molecule has 4 nitrogen and oxygen atoms in total. The van der Waals surface area contributed by atoms with E-state index in [1.54, 1.807) is 0 Å². The monoisotopic (exact) mass is 205 g/mol. The summed E-state index contributed by atoms with van der Waals surface area (Å²) in [5.41, 5.74) is -0.378. The van der Waals surface area contributed by atoms with Crippen molar-refractivity contribution >= 4 is 9.84 Å². The van der Waals surface area contributed by atoms with E-state index in [0.29, 0.717) is 6.42 Å². The summed E-state index contributed by atoms with van der Waals surface area (Å²) in [5, 5.41) is 12.5. The second kappa shape index (κ2) is 2.93. The Balaban J connectivity index is 2.28. The fourth-order valence-corrected chi connectivity index (χ4v) is 4.56. The van der Waals surface area contributed by atoms with Crippen molar-refractivity contribution < 1.29 is 13.5 Å². The Morgan fingerprint density at radius 1 is 1.54 bits per heavy atom. The summed E-state index contributed by atoms with van der Waals surface area (Å²) in [7, 11) is -2.91. The van der Waals surface area contributed by atoms with Gasteiger partial charge < -0.3 is 10.4 Å². The Morgan fingerprint density at radius 3 is 3.00 bits per heavy atom. The molecule has 2 atom stereocenters. The van der Waals surface area contributed by atoms with Gasteiger partial charge in [-0.15, -0.1) is 0 Å². The van der Waals surface area contributed by atoms with Crippen molar-refractivity contribution in [3.05, 3.63) is 0 Å². The van der Waals surface area contributed by atoms with Crippen molar-refractivity contribution in [2.45, 2.75) is 18.9 Å². The zero-order chi connectivity index (χ0) is 9.53. The van der Waals surface area contributed by atoms with E-state index in [9.17, 15) is 13.5 Å². The Kier molecular flexibility index (Phi) is 2.13. The molecule has 2 aliphatic rings. The van der Waals surface area contributed by atoms with Gasteiger partial charge in [0.05, 0.1) is 18.1 Å². The predicted octanol–water partition coefficient (Wildman–Crippen LogP) is -0.854. The smallest absolute Gasteiger partial charge is 0.151 e. The number of rotatable bonds is 1. The van der Waals surface area contributed by atoms with Gasteiger partial charge in [0.1, 0.15) is 0 Å². The molecule has 5 heteroatoms. The average molecular weight is 205 g/mol. The molecule has 2 rings (SSSR count). The van der Waals surface area contributed by atoms with Crippen molar-refractivity contribution in [1.29, 1.82) is 0 Å². The number of sulfone groups is 1. The fraction of sp³-hybridized carbons (Fsp3) is 1.00. The van der Waals surface area contributed by atoms with E-state index in [1.807, 2.05) is 0 Å². The van der Waals surface area contributed by atoms with E-state index in [0.717, 1.165) is 13.0 Å². The standard InChI is InChI=1S/C8H15NO3S/c10-5-8-2-3-9-7(8)1-4-13(11,12)6-8/h7,9-10H,1-6H2. The van der Waals surface area contributed by atoms with Crippen LogP contribution in [0.15, 0.2) is 0 Å².